The summed E-state index contributed by atoms with van der Waals surface area (Å²) in [6.45, 7) is 2.56. The molecule has 0 aliphatic heterocycles. The second kappa shape index (κ2) is 11.7. The zero-order chi connectivity index (χ0) is 17.9. The summed E-state index contributed by atoms with van der Waals surface area (Å²) in [5.41, 5.74) is 2.74. The molecule has 0 radical (unpaired) electrons. The van der Waals surface area contributed by atoms with Crippen molar-refractivity contribution >= 4 is 0 Å². The molecule has 0 saturated heterocycles. The van der Waals surface area contributed by atoms with E-state index in [9.17, 15) is 0 Å². The molecule has 0 amide bonds. The fourth-order valence-electron chi connectivity index (χ4n) is 3.93. The van der Waals surface area contributed by atoms with Crippen LogP contribution in [-0.2, 0) is 11.2 Å². The van der Waals surface area contributed by atoms with Crippen LogP contribution in [0.5, 0.6) is 0 Å². The van der Waals surface area contributed by atoms with Crippen molar-refractivity contribution in [3.8, 4) is 0 Å². The Labute approximate surface area is 153 Å². The highest BCUT2D eigenvalue weighted by Crippen LogP contribution is 2.37. The monoisotopic (exact) mass is 348 g/mol. The van der Waals surface area contributed by atoms with Gasteiger partial charge in [-0.1, -0.05) is 56.9 Å². The first kappa shape index (κ1) is 20.4. The van der Waals surface area contributed by atoms with Crippen LogP contribution in [0, 0.1) is 5.92 Å². The highest BCUT2D eigenvalue weighted by atomic mass is 16.5. The van der Waals surface area contributed by atoms with Gasteiger partial charge in [0.1, 0.15) is 6.10 Å². The summed E-state index contributed by atoms with van der Waals surface area (Å²) in [5, 5.41) is 18.0. The summed E-state index contributed by atoms with van der Waals surface area (Å²) in [6, 6.07) is 8.98. The third-order valence-electron chi connectivity index (χ3n) is 5.67. The van der Waals surface area contributed by atoms with Gasteiger partial charge in [0.25, 0.3) is 0 Å². The summed E-state index contributed by atoms with van der Waals surface area (Å²) in [7, 11) is 0. The van der Waals surface area contributed by atoms with Gasteiger partial charge >= 0.3 is 0 Å². The number of benzene rings is 1. The standard InChI is InChI=1S/C22H36O3/c1-2-3-4-5-18-6-10-20(11-7-18)21-12-8-19(9-13-21)14-15-25-22(16-23)17-24/h8-9,12-13,18,20,22-24H,2-7,10-11,14-17H2,1H3. The fraction of sp³-hybridized carbons (Fsp3) is 0.727. The summed E-state index contributed by atoms with van der Waals surface area (Å²) < 4.78 is 5.44. The highest BCUT2D eigenvalue weighted by molar-refractivity contribution is 5.26. The average molecular weight is 349 g/mol. The molecule has 3 heteroatoms. The van der Waals surface area contributed by atoms with Crippen LogP contribution in [-0.4, -0.2) is 36.1 Å². The van der Waals surface area contributed by atoms with Gasteiger partial charge in [0.05, 0.1) is 19.8 Å². The molecule has 1 fully saturated rings. The van der Waals surface area contributed by atoms with Crippen molar-refractivity contribution in [2.75, 3.05) is 19.8 Å². The molecule has 0 bridgehead atoms. The van der Waals surface area contributed by atoms with E-state index >= 15 is 0 Å². The van der Waals surface area contributed by atoms with Gasteiger partial charge in [-0.3, -0.25) is 0 Å². The molecule has 1 aromatic carbocycles. The molecule has 2 N–H and O–H groups in total. The smallest absolute Gasteiger partial charge is 0.104 e. The quantitative estimate of drug-likeness (QED) is 0.581. The lowest BCUT2D eigenvalue weighted by molar-refractivity contribution is -0.0182. The maximum absolute atomic E-state index is 9.00. The topological polar surface area (TPSA) is 49.7 Å². The summed E-state index contributed by atoms with van der Waals surface area (Å²) in [5.74, 6) is 1.70. The van der Waals surface area contributed by atoms with E-state index in [2.05, 4.69) is 31.2 Å². The number of ether oxygens (including phenoxy) is 1. The number of unbranched alkanes of at least 4 members (excludes halogenated alkanes) is 2. The first-order chi connectivity index (χ1) is 12.3. The first-order valence-electron chi connectivity index (χ1n) is 10.2. The van der Waals surface area contributed by atoms with Gasteiger partial charge in [-0.15, -0.1) is 0 Å². The van der Waals surface area contributed by atoms with Crippen LogP contribution in [0.4, 0.5) is 0 Å². The number of aliphatic hydroxyl groups excluding tert-OH is 2. The van der Waals surface area contributed by atoms with Gasteiger partial charge in [-0.05, 0) is 55.1 Å². The second-order valence-electron chi connectivity index (χ2n) is 7.56. The molecule has 0 aromatic heterocycles. The Hall–Kier alpha value is -0.900. The number of hydrogen-bond acceptors (Lipinski definition) is 3. The van der Waals surface area contributed by atoms with Crippen LogP contribution in [0.2, 0.25) is 0 Å². The van der Waals surface area contributed by atoms with Crippen molar-refractivity contribution < 1.29 is 14.9 Å². The van der Waals surface area contributed by atoms with Crippen molar-refractivity contribution in [3.05, 3.63) is 35.4 Å². The molecule has 0 spiro atoms. The predicted molar refractivity (Wildman–Crippen MR) is 103 cm³/mol. The Morgan fingerprint density at radius 1 is 1.00 bits per heavy atom. The normalized spacial score (nSPS) is 21.0. The highest BCUT2D eigenvalue weighted by Gasteiger charge is 2.21. The van der Waals surface area contributed by atoms with E-state index in [4.69, 9.17) is 14.9 Å². The van der Waals surface area contributed by atoms with Crippen molar-refractivity contribution in [2.45, 2.75) is 76.7 Å². The first-order valence-corrected chi connectivity index (χ1v) is 10.2. The predicted octanol–water partition coefficient (Wildman–Crippen LogP) is 4.45. The molecule has 1 aliphatic rings. The van der Waals surface area contributed by atoms with Crippen LogP contribution in [0.15, 0.2) is 24.3 Å². The van der Waals surface area contributed by atoms with E-state index in [0.717, 1.165) is 18.3 Å². The lowest BCUT2D eigenvalue weighted by Gasteiger charge is -2.29. The van der Waals surface area contributed by atoms with E-state index in [1.54, 1.807) is 0 Å². The van der Waals surface area contributed by atoms with Gasteiger partial charge in [0.2, 0.25) is 0 Å². The maximum Gasteiger partial charge on any atom is 0.104 e. The van der Waals surface area contributed by atoms with Crippen molar-refractivity contribution in [3.63, 3.8) is 0 Å². The molecule has 1 saturated carbocycles. The van der Waals surface area contributed by atoms with Crippen molar-refractivity contribution in [1.29, 1.82) is 0 Å². The van der Waals surface area contributed by atoms with Crippen LogP contribution in [0.3, 0.4) is 0 Å². The molecular weight excluding hydrogens is 312 g/mol. The lowest BCUT2D eigenvalue weighted by Crippen LogP contribution is -2.23. The summed E-state index contributed by atoms with van der Waals surface area (Å²) >= 11 is 0. The molecule has 0 unspecified atom stereocenters. The van der Waals surface area contributed by atoms with Crippen molar-refractivity contribution in [2.24, 2.45) is 5.92 Å². The third kappa shape index (κ3) is 7.08. The molecule has 25 heavy (non-hydrogen) atoms. The van der Waals surface area contributed by atoms with Crippen LogP contribution >= 0.6 is 0 Å². The molecule has 1 aromatic rings. The Kier molecular flexibility index (Phi) is 9.52. The zero-order valence-corrected chi connectivity index (χ0v) is 15.8. The SMILES string of the molecule is CCCCCC1CCC(c2ccc(CCOC(CO)CO)cc2)CC1. The van der Waals surface area contributed by atoms with E-state index in [0.29, 0.717) is 6.61 Å². The summed E-state index contributed by atoms with van der Waals surface area (Å²) in [4.78, 5) is 0. The Morgan fingerprint density at radius 3 is 2.28 bits per heavy atom. The average Bonchev–Trinajstić information content (AvgIpc) is 2.67. The second-order valence-corrected chi connectivity index (χ2v) is 7.56. The molecule has 2 rings (SSSR count). The molecule has 142 valence electrons. The van der Waals surface area contributed by atoms with E-state index in [1.165, 1.54) is 62.5 Å². The fourth-order valence-corrected chi connectivity index (χ4v) is 3.93. The number of rotatable bonds is 11. The summed E-state index contributed by atoms with van der Waals surface area (Å²) in [6.07, 6.45) is 11.4. The van der Waals surface area contributed by atoms with Gasteiger partial charge in [0, 0.05) is 0 Å². The largest absolute Gasteiger partial charge is 0.394 e. The van der Waals surface area contributed by atoms with E-state index in [1.807, 2.05) is 0 Å². The van der Waals surface area contributed by atoms with Gasteiger partial charge < -0.3 is 14.9 Å². The van der Waals surface area contributed by atoms with E-state index < -0.39 is 6.10 Å². The van der Waals surface area contributed by atoms with Gasteiger partial charge in [0.15, 0.2) is 0 Å². The molecule has 3 nitrogen and oxygen atoms in total. The van der Waals surface area contributed by atoms with Gasteiger partial charge in [-0.25, -0.2) is 0 Å². The number of aliphatic hydroxyl groups is 2. The Morgan fingerprint density at radius 2 is 1.68 bits per heavy atom. The van der Waals surface area contributed by atoms with Crippen LogP contribution in [0.25, 0.3) is 0 Å². The lowest BCUT2D eigenvalue weighted by atomic mass is 9.77. The molecule has 0 heterocycles. The van der Waals surface area contributed by atoms with Crippen molar-refractivity contribution in [1.82, 2.24) is 0 Å². The Bertz CT molecular complexity index is 445. The molecular formula is C22H36O3. The van der Waals surface area contributed by atoms with E-state index in [-0.39, 0.29) is 13.2 Å². The van der Waals surface area contributed by atoms with Crippen LogP contribution < -0.4 is 0 Å². The molecule has 1 aliphatic carbocycles. The van der Waals surface area contributed by atoms with Gasteiger partial charge in [-0.2, -0.15) is 0 Å². The minimum atomic E-state index is -0.452. The maximum atomic E-state index is 9.00. The zero-order valence-electron chi connectivity index (χ0n) is 15.8. The molecule has 0 atom stereocenters. The Balaban J connectivity index is 1.71. The minimum Gasteiger partial charge on any atom is -0.394 e. The minimum absolute atomic E-state index is 0.128. The van der Waals surface area contributed by atoms with Crippen LogP contribution in [0.1, 0.15) is 75.3 Å². The third-order valence-corrected chi connectivity index (χ3v) is 5.67. The number of hydrogen-bond donors (Lipinski definition) is 2.